The molecule has 238 valence electrons. The van der Waals surface area contributed by atoms with E-state index in [0.29, 0.717) is 52.2 Å². The molecule has 2 heterocycles. The number of rotatable bonds is 11. The number of anilines is 1. The molecule has 4 atom stereocenters. The van der Waals surface area contributed by atoms with Crippen LogP contribution in [0.15, 0.2) is 42.6 Å². The van der Waals surface area contributed by atoms with Crippen LogP contribution >= 0.6 is 0 Å². The largest absolute Gasteiger partial charge is 0.495 e. The van der Waals surface area contributed by atoms with Crippen LogP contribution in [0.2, 0.25) is 0 Å². The molecule has 1 aliphatic carbocycles. The van der Waals surface area contributed by atoms with Crippen LogP contribution in [-0.4, -0.2) is 43.1 Å². The molecule has 4 aromatic rings. The number of methoxy groups -OCH3 is 1. The summed E-state index contributed by atoms with van der Waals surface area (Å²) in [5.41, 5.74) is 4.21. The quantitative estimate of drug-likeness (QED) is 0.152. The fourth-order valence-electron chi connectivity index (χ4n) is 6.45. The van der Waals surface area contributed by atoms with Gasteiger partial charge in [-0.1, -0.05) is 26.8 Å². The first kappa shape index (κ1) is 31.9. The number of hydrogen-bond donors (Lipinski definition) is 3. The molecule has 4 unspecified atom stereocenters. The summed E-state index contributed by atoms with van der Waals surface area (Å²) < 4.78 is 34.5. The first-order valence-electron chi connectivity index (χ1n) is 15.0. The lowest BCUT2D eigenvalue weighted by atomic mass is 9.67. The standard InChI is InChI=1S/C33H39N5O6S/c1-18-8-10-29(43-22(5)33(39)40)30(14-18)44-45(41)37-26-15-23(9-11-28(26)42-7)31-35-32-25(27(34-6)17-38(32)36-31)16-24-20(3)12-19(2)13-21(24)4/h8-11,14-15,17,19-22,24,37H,12-13,16H2,1-5,7H3,(H,35,36)(H,39,40). The Labute approximate surface area is 265 Å². The van der Waals surface area contributed by atoms with Gasteiger partial charge in [-0.2, -0.15) is 4.21 Å². The Hall–Kier alpha value is -4.50. The monoisotopic (exact) mass is 633 g/mol. The maximum absolute atomic E-state index is 13.2. The molecule has 0 spiro atoms. The van der Waals surface area contributed by atoms with Crippen LogP contribution in [0, 0.1) is 37.2 Å². The van der Waals surface area contributed by atoms with Crippen molar-refractivity contribution in [1.29, 1.82) is 0 Å². The van der Waals surface area contributed by atoms with Crippen molar-refractivity contribution in [2.24, 2.45) is 23.7 Å². The molecule has 1 fully saturated rings. The van der Waals surface area contributed by atoms with E-state index in [4.69, 9.17) is 25.2 Å². The summed E-state index contributed by atoms with van der Waals surface area (Å²) in [7, 11) is 1.51. The third kappa shape index (κ3) is 6.93. The maximum atomic E-state index is 13.2. The van der Waals surface area contributed by atoms with Gasteiger partial charge in [-0.05, 0) is 92.7 Å². The van der Waals surface area contributed by atoms with Crippen LogP contribution in [0.25, 0.3) is 21.9 Å². The van der Waals surface area contributed by atoms with E-state index in [-0.39, 0.29) is 11.5 Å². The molecular formula is C33H39N5O6S. The van der Waals surface area contributed by atoms with Crippen molar-refractivity contribution in [1.82, 2.24) is 14.6 Å². The SMILES string of the molecule is [C-]#[N+]c1cn2[nH]c(-c3ccc(OC)c(NS(=O)Oc4cc(C)ccc4OC(C)C(=O)O)c3)nc2c1CC1C(C)CC(C)CC1C. The third-order valence-electron chi connectivity index (χ3n) is 8.66. The highest BCUT2D eigenvalue weighted by atomic mass is 32.2. The highest BCUT2D eigenvalue weighted by Crippen LogP contribution is 2.42. The second kappa shape index (κ2) is 13.2. The molecule has 3 N–H and O–H groups in total. The average molecular weight is 634 g/mol. The van der Waals surface area contributed by atoms with Crippen molar-refractivity contribution >= 4 is 34.3 Å². The lowest BCUT2D eigenvalue weighted by molar-refractivity contribution is -0.144. The number of benzene rings is 2. The zero-order valence-corrected chi connectivity index (χ0v) is 27.1. The Balaban J connectivity index is 1.40. The summed E-state index contributed by atoms with van der Waals surface area (Å²) in [6.07, 6.45) is 3.86. The molecule has 11 nitrogen and oxygen atoms in total. The van der Waals surface area contributed by atoms with Gasteiger partial charge < -0.3 is 18.8 Å². The minimum Gasteiger partial charge on any atom is -0.495 e. The maximum Gasteiger partial charge on any atom is 0.344 e. The van der Waals surface area contributed by atoms with Crippen molar-refractivity contribution in [3.05, 3.63) is 65.1 Å². The smallest absolute Gasteiger partial charge is 0.344 e. The number of hydrogen-bond acceptors (Lipinski definition) is 6. The van der Waals surface area contributed by atoms with Crippen LogP contribution < -0.4 is 18.4 Å². The van der Waals surface area contributed by atoms with Gasteiger partial charge in [-0.15, -0.1) is 0 Å². The highest BCUT2D eigenvalue weighted by molar-refractivity contribution is 7.82. The predicted molar refractivity (Wildman–Crippen MR) is 173 cm³/mol. The molecule has 12 heteroatoms. The fraction of sp³-hybridized carbons (Fsp3) is 0.424. The number of H-pyrrole nitrogens is 1. The number of aromatic nitrogens is 3. The van der Waals surface area contributed by atoms with Crippen molar-refractivity contribution in [2.45, 2.75) is 60.0 Å². The number of carboxylic acids is 1. The summed E-state index contributed by atoms with van der Waals surface area (Å²) in [6, 6.07) is 10.3. The number of aromatic amines is 1. The highest BCUT2D eigenvalue weighted by Gasteiger charge is 2.33. The number of aryl methyl sites for hydroxylation is 1. The van der Waals surface area contributed by atoms with Gasteiger partial charge in [0.2, 0.25) is 5.69 Å². The number of fused-ring (bicyclic) bond motifs is 1. The van der Waals surface area contributed by atoms with Gasteiger partial charge in [0.05, 0.1) is 19.4 Å². The second-order valence-electron chi connectivity index (χ2n) is 12.2. The molecular weight excluding hydrogens is 594 g/mol. The molecule has 45 heavy (non-hydrogen) atoms. The topological polar surface area (TPSA) is 132 Å². The second-order valence-corrected chi connectivity index (χ2v) is 13.0. The fourth-order valence-corrected chi connectivity index (χ4v) is 7.13. The van der Waals surface area contributed by atoms with Gasteiger partial charge in [0.25, 0.3) is 0 Å². The number of ether oxygens (including phenoxy) is 2. The normalized spacial score (nSPS) is 21.1. The van der Waals surface area contributed by atoms with Crippen LogP contribution in [0.1, 0.15) is 51.7 Å². The Morgan fingerprint density at radius 3 is 2.56 bits per heavy atom. The Morgan fingerprint density at radius 2 is 1.89 bits per heavy atom. The zero-order valence-electron chi connectivity index (χ0n) is 26.3. The molecule has 1 saturated carbocycles. The molecule has 0 amide bonds. The van der Waals surface area contributed by atoms with Gasteiger partial charge in [0.15, 0.2) is 23.4 Å². The third-order valence-corrected chi connectivity index (χ3v) is 9.37. The van der Waals surface area contributed by atoms with E-state index in [1.54, 1.807) is 41.0 Å². The molecule has 5 rings (SSSR count). The zero-order chi connectivity index (χ0) is 32.4. The summed E-state index contributed by atoms with van der Waals surface area (Å²) in [5, 5.41) is 12.5. The van der Waals surface area contributed by atoms with Crippen molar-refractivity contribution in [3.8, 4) is 28.6 Å². The summed E-state index contributed by atoms with van der Waals surface area (Å²) in [6.45, 7) is 18.0. The number of nitrogens with zero attached hydrogens (tertiary/aromatic N) is 3. The van der Waals surface area contributed by atoms with E-state index in [1.807, 2.05) is 13.0 Å². The van der Waals surface area contributed by atoms with Crippen LogP contribution in [0.5, 0.6) is 17.2 Å². The van der Waals surface area contributed by atoms with Gasteiger partial charge in [-0.3, -0.25) is 14.3 Å². The number of aliphatic carboxylic acids is 1. The Kier molecular flexibility index (Phi) is 9.39. The van der Waals surface area contributed by atoms with Gasteiger partial charge in [-0.25, -0.2) is 14.6 Å². The van der Waals surface area contributed by atoms with E-state index in [9.17, 15) is 14.1 Å². The minimum atomic E-state index is -2.10. The Bertz CT molecular complexity index is 1760. The lowest BCUT2D eigenvalue weighted by Gasteiger charge is -2.38. The molecule has 1 aliphatic rings. The summed E-state index contributed by atoms with van der Waals surface area (Å²) in [4.78, 5) is 20.0. The summed E-state index contributed by atoms with van der Waals surface area (Å²) in [5.74, 6) is 2.48. The van der Waals surface area contributed by atoms with E-state index in [1.165, 1.54) is 26.9 Å². The molecule has 0 bridgehead atoms. The molecule has 0 saturated heterocycles. The van der Waals surface area contributed by atoms with E-state index in [0.717, 1.165) is 23.2 Å². The van der Waals surface area contributed by atoms with E-state index < -0.39 is 23.3 Å². The van der Waals surface area contributed by atoms with E-state index in [2.05, 4.69) is 35.4 Å². The summed E-state index contributed by atoms with van der Waals surface area (Å²) >= 11 is -2.10. The first-order valence-corrected chi connectivity index (χ1v) is 16.1. The van der Waals surface area contributed by atoms with Gasteiger partial charge >= 0.3 is 17.2 Å². The van der Waals surface area contributed by atoms with Crippen molar-refractivity contribution in [3.63, 3.8) is 0 Å². The van der Waals surface area contributed by atoms with Crippen LogP contribution in [0.3, 0.4) is 0 Å². The van der Waals surface area contributed by atoms with Crippen molar-refractivity contribution in [2.75, 3.05) is 11.8 Å². The van der Waals surface area contributed by atoms with Crippen molar-refractivity contribution < 1.29 is 27.8 Å². The molecule has 2 aromatic carbocycles. The molecule has 2 aromatic heterocycles. The number of carbonyl (C=O) groups is 1. The minimum absolute atomic E-state index is 0.129. The number of carboxylic acid groups (broad SMARTS) is 1. The van der Waals surface area contributed by atoms with Gasteiger partial charge in [0.1, 0.15) is 11.4 Å². The van der Waals surface area contributed by atoms with Crippen LogP contribution in [0.4, 0.5) is 11.4 Å². The van der Waals surface area contributed by atoms with Crippen LogP contribution in [-0.2, 0) is 22.5 Å². The Morgan fingerprint density at radius 1 is 1.18 bits per heavy atom. The lowest BCUT2D eigenvalue weighted by Crippen LogP contribution is -2.30. The van der Waals surface area contributed by atoms with Gasteiger partial charge in [0, 0.05) is 17.3 Å². The molecule has 0 radical (unpaired) electrons. The predicted octanol–water partition coefficient (Wildman–Crippen LogP) is 6.98. The van der Waals surface area contributed by atoms with E-state index >= 15 is 0 Å². The molecule has 0 aliphatic heterocycles. The number of nitrogens with one attached hydrogen (secondary N) is 2. The average Bonchev–Trinajstić information content (AvgIpc) is 3.54. The first-order chi connectivity index (χ1) is 21.5.